The molecule has 0 aromatic rings. The van der Waals surface area contributed by atoms with Crippen molar-refractivity contribution >= 4 is 5.78 Å². The predicted octanol–water partition coefficient (Wildman–Crippen LogP) is 2.51. The summed E-state index contributed by atoms with van der Waals surface area (Å²) in [7, 11) is 0. The first-order valence-electron chi connectivity index (χ1n) is 5.42. The van der Waals surface area contributed by atoms with Crippen LogP contribution in [0.25, 0.3) is 0 Å². The second-order valence-corrected chi connectivity index (χ2v) is 3.88. The Bertz CT molecular complexity index is 134. The zero-order chi connectivity index (χ0) is 10.1. The van der Waals surface area contributed by atoms with E-state index >= 15 is 0 Å². The predicted molar refractivity (Wildman–Crippen MR) is 56.6 cm³/mol. The van der Waals surface area contributed by atoms with E-state index in [2.05, 4.69) is 13.8 Å². The highest BCUT2D eigenvalue weighted by Gasteiger charge is 2.04. The van der Waals surface area contributed by atoms with E-state index in [0.29, 0.717) is 18.2 Å². The number of carbonyl (C=O) groups is 1. The number of carbonyl (C=O) groups excluding carboxylic acids is 1. The fraction of sp³-hybridized carbons (Fsp3) is 0.909. The molecule has 0 bridgehead atoms. The van der Waals surface area contributed by atoms with Gasteiger partial charge in [0.25, 0.3) is 0 Å². The summed E-state index contributed by atoms with van der Waals surface area (Å²) in [6, 6.07) is 0. The van der Waals surface area contributed by atoms with Gasteiger partial charge in [0.2, 0.25) is 0 Å². The molecule has 1 atom stereocenters. The number of hydrogen-bond acceptors (Lipinski definition) is 2. The lowest BCUT2D eigenvalue weighted by Crippen LogP contribution is -2.12. The molecule has 1 unspecified atom stereocenters. The molecule has 0 amide bonds. The smallest absolute Gasteiger partial charge is 0.132 e. The fourth-order valence-corrected chi connectivity index (χ4v) is 1.22. The van der Waals surface area contributed by atoms with Crippen LogP contribution in [0.5, 0.6) is 0 Å². The van der Waals surface area contributed by atoms with Gasteiger partial charge in [0.05, 0.1) is 0 Å². The summed E-state index contributed by atoms with van der Waals surface area (Å²) in [6.45, 7) is 4.95. The van der Waals surface area contributed by atoms with Crippen LogP contribution in [-0.4, -0.2) is 12.3 Å². The topological polar surface area (TPSA) is 43.1 Å². The van der Waals surface area contributed by atoms with Gasteiger partial charge in [-0.25, -0.2) is 0 Å². The molecule has 0 saturated carbocycles. The third kappa shape index (κ3) is 7.97. The van der Waals surface area contributed by atoms with Crippen molar-refractivity contribution in [2.45, 2.75) is 52.4 Å². The highest BCUT2D eigenvalue weighted by molar-refractivity contribution is 5.78. The molecule has 0 fully saturated rings. The molecular formula is C11H23NO. The molecule has 13 heavy (non-hydrogen) atoms. The highest BCUT2D eigenvalue weighted by atomic mass is 16.1. The Hall–Kier alpha value is -0.370. The molecule has 78 valence electrons. The maximum atomic E-state index is 11.3. The lowest BCUT2D eigenvalue weighted by Gasteiger charge is -2.06. The molecule has 2 heteroatoms. The van der Waals surface area contributed by atoms with Crippen molar-refractivity contribution in [2.75, 3.05) is 6.54 Å². The van der Waals surface area contributed by atoms with Gasteiger partial charge in [-0.15, -0.1) is 0 Å². The number of Topliss-reactive ketones (excluding diaryl/α,β-unsaturated/α-hetero) is 1. The van der Waals surface area contributed by atoms with Gasteiger partial charge < -0.3 is 5.73 Å². The van der Waals surface area contributed by atoms with Crippen LogP contribution in [0.3, 0.4) is 0 Å². The first-order chi connectivity index (χ1) is 6.20. The monoisotopic (exact) mass is 185 g/mol. The molecule has 0 aliphatic carbocycles. The largest absolute Gasteiger partial charge is 0.330 e. The van der Waals surface area contributed by atoms with Gasteiger partial charge in [-0.05, 0) is 25.3 Å². The Labute approximate surface area is 81.9 Å². The van der Waals surface area contributed by atoms with Crippen LogP contribution >= 0.6 is 0 Å². The van der Waals surface area contributed by atoms with Crippen molar-refractivity contribution < 1.29 is 4.79 Å². The second kappa shape index (κ2) is 8.24. The van der Waals surface area contributed by atoms with E-state index in [1.807, 2.05) is 0 Å². The van der Waals surface area contributed by atoms with Crippen molar-refractivity contribution in [3.05, 3.63) is 0 Å². The van der Waals surface area contributed by atoms with Crippen molar-refractivity contribution in [2.24, 2.45) is 11.7 Å². The maximum Gasteiger partial charge on any atom is 0.132 e. The Balaban J connectivity index is 3.30. The van der Waals surface area contributed by atoms with E-state index in [1.54, 1.807) is 0 Å². The van der Waals surface area contributed by atoms with Crippen LogP contribution in [0.15, 0.2) is 0 Å². The summed E-state index contributed by atoms with van der Waals surface area (Å²) in [5, 5.41) is 0. The zero-order valence-corrected chi connectivity index (χ0v) is 9.01. The van der Waals surface area contributed by atoms with Crippen LogP contribution < -0.4 is 5.73 Å². The van der Waals surface area contributed by atoms with Crippen LogP contribution in [-0.2, 0) is 4.79 Å². The van der Waals surface area contributed by atoms with Crippen molar-refractivity contribution in [1.82, 2.24) is 0 Å². The standard InChI is InChI=1S/C11H23NO/c1-3-4-5-6-11(13)8-7-10(2)9-12/h10H,3-9,12H2,1-2H3. The zero-order valence-electron chi connectivity index (χ0n) is 9.01. The second-order valence-electron chi connectivity index (χ2n) is 3.88. The van der Waals surface area contributed by atoms with Crippen LogP contribution in [0.1, 0.15) is 52.4 Å². The maximum absolute atomic E-state index is 11.3. The fourth-order valence-electron chi connectivity index (χ4n) is 1.22. The molecule has 2 N–H and O–H groups in total. The van der Waals surface area contributed by atoms with Crippen molar-refractivity contribution in [3.8, 4) is 0 Å². The van der Waals surface area contributed by atoms with Gasteiger partial charge >= 0.3 is 0 Å². The van der Waals surface area contributed by atoms with Crippen molar-refractivity contribution in [1.29, 1.82) is 0 Å². The molecule has 0 heterocycles. The minimum absolute atomic E-state index is 0.411. The Kier molecular flexibility index (Phi) is 8.00. The highest BCUT2D eigenvalue weighted by Crippen LogP contribution is 2.08. The summed E-state index contributed by atoms with van der Waals surface area (Å²) in [5.74, 6) is 0.906. The van der Waals surface area contributed by atoms with Crippen LogP contribution in [0, 0.1) is 5.92 Å². The quantitative estimate of drug-likeness (QED) is 0.590. The molecule has 0 saturated heterocycles. The Morgan fingerprint density at radius 1 is 1.31 bits per heavy atom. The van der Waals surface area contributed by atoms with E-state index in [9.17, 15) is 4.79 Å². The average molecular weight is 185 g/mol. The third-order valence-electron chi connectivity index (χ3n) is 2.38. The number of rotatable bonds is 8. The summed E-state index contributed by atoms with van der Waals surface area (Å²) in [5.41, 5.74) is 5.47. The van der Waals surface area contributed by atoms with Crippen LogP contribution in [0.2, 0.25) is 0 Å². The van der Waals surface area contributed by atoms with E-state index in [1.165, 1.54) is 12.8 Å². The van der Waals surface area contributed by atoms with Gasteiger partial charge in [0.15, 0.2) is 0 Å². The molecule has 2 nitrogen and oxygen atoms in total. The number of unbranched alkanes of at least 4 members (excludes halogenated alkanes) is 2. The lowest BCUT2D eigenvalue weighted by molar-refractivity contribution is -0.119. The number of ketones is 1. The summed E-state index contributed by atoms with van der Waals surface area (Å²) < 4.78 is 0. The van der Waals surface area contributed by atoms with E-state index in [-0.39, 0.29) is 0 Å². The molecule has 0 aromatic heterocycles. The van der Waals surface area contributed by atoms with E-state index in [4.69, 9.17) is 5.73 Å². The lowest BCUT2D eigenvalue weighted by atomic mass is 10.0. The van der Waals surface area contributed by atoms with Crippen molar-refractivity contribution in [3.63, 3.8) is 0 Å². The SMILES string of the molecule is CCCCCC(=O)CCC(C)CN. The molecule has 0 spiro atoms. The van der Waals surface area contributed by atoms with Gasteiger partial charge in [-0.2, -0.15) is 0 Å². The minimum atomic E-state index is 0.411. The summed E-state index contributed by atoms with van der Waals surface area (Å²) >= 11 is 0. The van der Waals surface area contributed by atoms with Gasteiger partial charge in [-0.3, -0.25) is 4.79 Å². The minimum Gasteiger partial charge on any atom is -0.330 e. The van der Waals surface area contributed by atoms with Gasteiger partial charge in [0.1, 0.15) is 5.78 Å². The molecule has 0 rings (SSSR count). The van der Waals surface area contributed by atoms with Gasteiger partial charge in [-0.1, -0.05) is 26.7 Å². The third-order valence-corrected chi connectivity index (χ3v) is 2.38. The van der Waals surface area contributed by atoms with E-state index < -0.39 is 0 Å². The molecule has 0 aliphatic rings. The molecule has 0 aliphatic heterocycles. The van der Waals surface area contributed by atoms with Gasteiger partial charge in [0, 0.05) is 12.8 Å². The average Bonchev–Trinajstić information content (AvgIpc) is 2.14. The normalized spacial score (nSPS) is 12.8. The number of nitrogens with two attached hydrogens (primary N) is 1. The van der Waals surface area contributed by atoms with E-state index in [0.717, 1.165) is 25.7 Å². The molecule has 0 radical (unpaired) electrons. The van der Waals surface area contributed by atoms with Crippen LogP contribution in [0.4, 0.5) is 0 Å². The Morgan fingerprint density at radius 2 is 2.00 bits per heavy atom. The summed E-state index contributed by atoms with van der Waals surface area (Å²) in [4.78, 5) is 11.3. The number of hydrogen-bond donors (Lipinski definition) is 1. The summed E-state index contributed by atoms with van der Waals surface area (Å²) in [6.07, 6.45) is 5.88. The molecular weight excluding hydrogens is 162 g/mol. The first-order valence-corrected chi connectivity index (χ1v) is 5.42. The Morgan fingerprint density at radius 3 is 2.54 bits per heavy atom. The molecule has 0 aromatic carbocycles. The first kappa shape index (κ1) is 12.6.